The number of aliphatic hydroxyl groups excluding tert-OH is 1. The molecule has 78 valence electrons. The lowest BCUT2D eigenvalue weighted by Crippen LogP contribution is -2.25. The molecule has 0 saturated heterocycles. The standard InChI is InChI=1S/C10H17N3O/c1-3-13(5-4-6-14)10-7-9(2)11-8-12-10/h7-8,14H,3-6H2,1-2H3. The van der Waals surface area contributed by atoms with E-state index >= 15 is 0 Å². The summed E-state index contributed by atoms with van der Waals surface area (Å²) in [6.45, 7) is 5.99. The molecule has 0 unspecified atom stereocenters. The van der Waals surface area contributed by atoms with Gasteiger partial charge >= 0.3 is 0 Å². The maximum absolute atomic E-state index is 8.75. The molecule has 1 aromatic heterocycles. The second-order valence-corrected chi connectivity index (χ2v) is 3.17. The van der Waals surface area contributed by atoms with Crippen molar-refractivity contribution in [2.45, 2.75) is 20.3 Å². The van der Waals surface area contributed by atoms with Gasteiger partial charge in [-0.05, 0) is 20.3 Å². The SMILES string of the molecule is CCN(CCCO)c1cc(C)ncn1. The van der Waals surface area contributed by atoms with Crippen molar-refractivity contribution in [1.29, 1.82) is 0 Å². The van der Waals surface area contributed by atoms with Crippen molar-refractivity contribution < 1.29 is 5.11 Å². The third-order valence-electron chi connectivity index (χ3n) is 2.08. The molecule has 1 heterocycles. The Labute approximate surface area is 84.6 Å². The van der Waals surface area contributed by atoms with Crippen LogP contribution in [0.2, 0.25) is 0 Å². The lowest BCUT2D eigenvalue weighted by atomic mass is 10.3. The monoisotopic (exact) mass is 195 g/mol. The second-order valence-electron chi connectivity index (χ2n) is 3.17. The maximum atomic E-state index is 8.75. The van der Waals surface area contributed by atoms with E-state index in [2.05, 4.69) is 21.8 Å². The van der Waals surface area contributed by atoms with Gasteiger partial charge in [0.25, 0.3) is 0 Å². The molecule has 4 nitrogen and oxygen atoms in total. The average Bonchev–Trinajstić information content (AvgIpc) is 2.19. The molecule has 0 spiro atoms. The predicted molar refractivity (Wildman–Crippen MR) is 56.4 cm³/mol. The van der Waals surface area contributed by atoms with Crippen molar-refractivity contribution in [3.05, 3.63) is 18.1 Å². The number of aliphatic hydroxyl groups is 1. The highest BCUT2D eigenvalue weighted by Gasteiger charge is 2.04. The highest BCUT2D eigenvalue weighted by atomic mass is 16.3. The summed E-state index contributed by atoms with van der Waals surface area (Å²) < 4.78 is 0. The number of rotatable bonds is 5. The molecule has 0 aliphatic heterocycles. The van der Waals surface area contributed by atoms with Gasteiger partial charge in [-0.3, -0.25) is 0 Å². The van der Waals surface area contributed by atoms with Gasteiger partial charge in [0.15, 0.2) is 0 Å². The first-order valence-electron chi connectivity index (χ1n) is 4.92. The van der Waals surface area contributed by atoms with Crippen molar-refractivity contribution in [3.8, 4) is 0 Å². The smallest absolute Gasteiger partial charge is 0.132 e. The number of aromatic nitrogens is 2. The summed E-state index contributed by atoms with van der Waals surface area (Å²) in [5.41, 5.74) is 0.970. The normalized spacial score (nSPS) is 10.2. The number of aryl methyl sites for hydroxylation is 1. The van der Waals surface area contributed by atoms with Crippen molar-refractivity contribution in [3.63, 3.8) is 0 Å². The molecule has 0 aliphatic carbocycles. The van der Waals surface area contributed by atoms with Gasteiger partial charge in [0.2, 0.25) is 0 Å². The van der Waals surface area contributed by atoms with Gasteiger partial charge in [-0.2, -0.15) is 0 Å². The van der Waals surface area contributed by atoms with E-state index in [1.807, 2.05) is 13.0 Å². The first-order valence-corrected chi connectivity index (χ1v) is 4.92. The summed E-state index contributed by atoms with van der Waals surface area (Å²) in [6, 6.07) is 1.96. The van der Waals surface area contributed by atoms with Crippen LogP contribution in [0.5, 0.6) is 0 Å². The molecule has 1 N–H and O–H groups in total. The topological polar surface area (TPSA) is 49.2 Å². The minimum atomic E-state index is 0.223. The van der Waals surface area contributed by atoms with Crippen LogP contribution < -0.4 is 4.90 Å². The van der Waals surface area contributed by atoms with Gasteiger partial charge in [-0.25, -0.2) is 9.97 Å². The van der Waals surface area contributed by atoms with E-state index in [9.17, 15) is 0 Å². The lowest BCUT2D eigenvalue weighted by Gasteiger charge is -2.21. The summed E-state index contributed by atoms with van der Waals surface area (Å²) >= 11 is 0. The Morgan fingerprint density at radius 2 is 2.21 bits per heavy atom. The van der Waals surface area contributed by atoms with Crippen molar-refractivity contribution >= 4 is 5.82 Å². The van der Waals surface area contributed by atoms with E-state index in [4.69, 9.17) is 5.11 Å². The third-order valence-corrected chi connectivity index (χ3v) is 2.08. The molecule has 0 amide bonds. The zero-order valence-corrected chi connectivity index (χ0v) is 8.77. The first kappa shape index (κ1) is 10.9. The van der Waals surface area contributed by atoms with Gasteiger partial charge in [0.05, 0.1) is 0 Å². The van der Waals surface area contributed by atoms with Crippen LogP contribution in [0.1, 0.15) is 19.0 Å². The Hall–Kier alpha value is -1.16. The molecule has 1 rings (SSSR count). The van der Waals surface area contributed by atoms with Gasteiger partial charge in [0, 0.05) is 31.5 Å². The van der Waals surface area contributed by atoms with Crippen LogP contribution in [0.25, 0.3) is 0 Å². The van der Waals surface area contributed by atoms with Crippen molar-refractivity contribution in [2.75, 3.05) is 24.6 Å². The fourth-order valence-electron chi connectivity index (χ4n) is 1.31. The number of nitrogens with zero attached hydrogens (tertiary/aromatic N) is 3. The van der Waals surface area contributed by atoms with Crippen LogP contribution in [0.3, 0.4) is 0 Å². The second kappa shape index (κ2) is 5.54. The molecule has 0 bridgehead atoms. The quantitative estimate of drug-likeness (QED) is 0.761. The molecule has 1 aromatic rings. The van der Waals surface area contributed by atoms with E-state index in [0.717, 1.165) is 31.0 Å². The Kier molecular flexibility index (Phi) is 4.32. The summed E-state index contributed by atoms with van der Waals surface area (Å²) in [6.07, 6.45) is 2.35. The average molecular weight is 195 g/mol. The largest absolute Gasteiger partial charge is 0.396 e. The zero-order chi connectivity index (χ0) is 10.4. The molecular formula is C10H17N3O. The zero-order valence-electron chi connectivity index (χ0n) is 8.77. The van der Waals surface area contributed by atoms with Crippen LogP contribution in [-0.4, -0.2) is 34.8 Å². The van der Waals surface area contributed by atoms with Gasteiger partial charge in [-0.15, -0.1) is 0 Å². The van der Waals surface area contributed by atoms with E-state index in [-0.39, 0.29) is 6.61 Å². The lowest BCUT2D eigenvalue weighted by molar-refractivity contribution is 0.289. The molecule has 0 saturated carbocycles. The Bertz CT molecular complexity index is 278. The van der Waals surface area contributed by atoms with E-state index in [1.54, 1.807) is 6.33 Å². The number of hydrogen-bond donors (Lipinski definition) is 1. The van der Waals surface area contributed by atoms with Crippen LogP contribution in [0.4, 0.5) is 5.82 Å². The molecule has 0 fully saturated rings. The predicted octanol–water partition coefficient (Wildman–Crippen LogP) is 0.994. The van der Waals surface area contributed by atoms with Gasteiger partial charge in [-0.1, -0.05) is 0 Å². The molecule has 0 aliphatic rings. The summed E-state index contributed by atoms with van der Waals surface area (Å²) in [5, 5.41) is 8.75. The van der Waals surface area contributed by atoms with E-state index in [1.165, 1.54) is 0 Å². The highest BCUT2D eigenvalue weighted by molar-refractivity contribution is 5.38. The van der Waals surface area contributed by atoms with E-state index in [0.29, 0.717) is 0 Å². The fraction of sp³-hybridized carbons (Fsp3) is 0.600. The van der Waals surface area contributed by atoms with Crippen LogP contribution in [0, 0.1) is 6.92 Å². The molecule has 0 radical (unpaired) electrons. The molecule has 4 heteroatoms. The molecule has 0 atom stereocenters. The Morgan fingerprint density at radius 1 is 1.43 bits per heavy atom. The van der Waals surface area contributed by atoms with Crippen LogP contribution >= 0.6 is 0 Å². The Balaban J connectivity index is 2.68. The fourth-order valence-corrected chi connectivity index (χ4v) is 1.31. The summed E-state index contributed by atoms with van der Waals surface area (Å²) in [5.74, 6) is 0.938. The minimum Gasteiger partial charge on any atom is -0.396 e. The van der Waals surface area contributed by atoms with Crippen LogP contribution in [-0.2, 0) is 0 Å². The van der Waals surface area contributed by atoms with E-state index < -0.39 is 0 Å². The molecular weight excluding hydrogens is 178 g/mol. The van der Waals surface area contributed by atoms with Gasteiger partial charge < -0.3 is 10.0 Å². The van der Waals surface area contributed by atoms with Gasteiger partial charge in [0.1, 0.15) is 12.1 Å². The summed E-state index contributed by atoms with van der Waals surface area (Å²) in [7, 11) is 0. The summed E-state index contributed by atoms with van der Waals surface area (Å²) in [4.78, 5) is 10.4. The van der Waals surface area contributed by atoms with Crippen molar-refractivity contribution in [2.24, 2.45) is 0 Å². The maximum Gasteiger partial charge on any atom is 0.132 e. The highest BCUT2D eigenvalue weighted by Crippen LogP contribution is 2.10. The number of hydrogen-bond acceptors (Lipinski definition) is 4. The minimum absolute atomic E-state index is 0.223. The van der Waals surface area contributed by atoms with Crippen molar-refractivity contribution in [1.82, 2.24) is 9.97 Å². The molecule has 14 heavy (non-hydrogen) atoms. The molecule has 0 aromatic carbocycles. The van der Waals surface area contributed by atoms with Crippen LogP contribution in [0.15, 0.2) is 12.4 Å². The first-order chi connectivity index (χ1) is 6.77. The Morgan fingerprint density at radius 3 is 2.79 bits per heavy atom. The third kappa shape index (κ3) is 2.96. The number of anilines is 1.